The first-order chi connectivity index (χ1) is 25.7. The average molecular weight is 722 g/mol. The zero-order chi connectivity index (χ0) is 36.7. The number of hydrogen-bond acceptors (Lipinski definition) is 8. The van der Waals surface area contributed by atoms with Crippen LogP contribution in [0.2, 0.25) is 0 Å². The van der Waals surface area contributed by atoms with E-state index >= 15 is 0 Å². The molecule has 3 saturated heterocycles. The van der Waals surface area contributed by atoms with Crippen LogP contribution in [0.5, 0.6) is 11.5 Å². The summed E-state index contributed by atoms with van der Waals surface area (Å²) in [6.07, 6.45) is 9.00. The van der Waals surface area contributed by atoms with Gasteiger partial charge in [-0.1, -0.05) is 55.3 Å². The number of aromatic nitrogens is 1. The molecule has 0 spiro atoms. The molecule has 0 radical (unpaired) electrons. The maximum Gasteiger partial charge on any atom is 0.243 e. The summed E-state index contributed by atoms with van der Waals surface area (Å²) in [6, 6.07) is 16.4. The number of fused-ring (bicyclic) bond motifs is 5. The number of hydrogen-bond donors (Lipinski definition) is 2. The fraction of sp³-hybridized carbons (Fsp3) is 0.488. The largest absolute Gasteiger partial charge is 0.497 e. The Bertz CT molecular complexity index is 1940. The highest BCUT2D eigenvalue weighted by atomic mass is 16.5. The molecule has 1 aliphatic carbocycles. The van der Waals surface area contributed by atoms with E-state index in [1.807, 2.05) is 65.6 Å². The Morgan fingerprint density at radius 2 is 1.91 bits per heavy atom. The SMILES string of the molecule is COc1ccc2c(O[C@@H]3C[C@H]4C(=O)N[C@]5(C(N)=O)C[C@H]5/C=C\CCCCC[C@H](CC(=O)N5CC6CC5CO6)C(=O)N4C3)cc(-c3ccccc3)nc2c1. The Kier molecular flexibility index (Phi) is 9.57. The van der Waals surface area contributed by atoms with Crippen molar-refractivity contribution in [2.75, 3.05) is 26.8 Å². The predicted octanol–water partition coefficient (Wildman–Crippen LogP) is 4.15. The Labute approximate surface area is 309 Å². The summed E-state index contributed by atoms with van der Waals surface area (Å²) >= 11 is 0. The van der Waals surface area contributed by atoms with Gasteiger partial charge >= 0.3 is 0 Å². The third kappa shape index (κ3) is 6.96. The number of pyridine rings is 1. The molecule has 2 bridgehead atoms. The molecule has 5 heterocycles. The molecule has 2 unspecified atom stereocenters. The molecule has 8 rings (SSSR count). The van der Waals surface area contributed by atoms with Crippen LogP contribution in [0.15, 0.2) is 66.7 Å². The van der Waals surface area contributed by atoms with E-state index in [9.17, 15) is 19.2 Å². The summed E-state index contributed by atoms with van der Waals surface area (Å²) in [5.74, 6) is -0.905. The number of nitrogens with two attached hydrogens (primary N) is 1. The highest BCUT2D eigenvalue weighted by Crippen LogP contribution is 2.45. The van der Waals surface area contributed by atoms with Crippen molar-refractivity contribution in [1.29, 1.82) is 0 Å². The van der Waals surface area contributed by atoms with Crippen molar-refractivity contribution in [1.82, 2.24) is 20.1 Å². The van der Waals surface area contributed by atoms with Crippen LogP contribution in [0.25, 0.3) is 22.2 Å². The topological polar surface area (TPSA) is 153 Å². The molecular formula is C41H47N5O7. The van der Waals surface area contributed by atoms with Gasteiger partial charge in [0.1, 0.15) is 29.2 Å². The number of primary amides is 1. The fourth-order valence-electron chi connectivity index (χ4n) is 8.69. The van der Waals surface area contributed by atoms with E-state index < -0.39 is 35.4 Å². The Morgan fingerprint density at radius 3 is 2.66 bits per heavy atom. The third-order valence-corrected chi connectivity index (χ3v) is 11.8. The van der Waals surface area contributed by atoms with Crippen LogP contribution in [-0.2, 0) is 23.9 Å². The summed E-state index contributed by atoms with van der Waals surface area (Å²) in [5, 5.41) is 3.74. The number of benzene rings is 2. The van der Waals surface area contributed by atoms with Crippen molar-refractivity contribution >= 4 is 34.5 Å². The summed E-state index contributed by atoms with van der Waals surface area (Å²) in [4.78, 5) is 63.9. The lowest BCUT2D eigenvalue weighted by Gasteiger charge is -2.31. The third-order valence-electron chi connectivity index (χ3n) is 11.8. The minimum absolute atomic E-state index is 0.0476. The first kappa shape index (κ1) is 35.1. The number of carbonyl (C=O) groups excluding carboxylic acids is 4. The molecular weight excluding hydrogens is 674 g/mol. The molecule has 278 valence electrons. The number of carbonyl (C=O) groups is 4. The van der Waals surface area contributed by atoms with Crippen LogP contribution in [0.4, 0.5) is 0 Å². The van der Waals surface area contributed by atoms with Gasteiger partial charge in [0.15, 0.2) is 0 Å². The van der Waals surface area contributed by atoms with Crippen LogP contribution in [0.1, 0.15) is 57.8 Å². The Balaban J connectivity index is 1.11. The van der Waals surface area contributed by atoms with Gasteiger partial charge in [-0.2, -0.15) is 0 Å². The van der Waals surface area contributed by atoms with Gasteiger partial charge in [0.2, 0.25) is 23.6 Å². The van der Waals surface area contributed by atoms with Gasteiger partial charge in [-0.25, -0.2) is 4.98 Å². The second-order valence-electron chi connectivity index (χ2n) is 15.2. The van der Waals surface area contributed by atoms with Crippen molar-refractivity contribution in [3.8, 4) is 22.8 Å². The lowest BCUT2D eigenvalue weighted by molar-refractivity contribution is -0.146. The van der Waals surface area contributed by atoms with Gasteiger partial charge in [0.25, 0.3) is 0 Å². The van der Waals surface area contributed by atoms with Crippen molar-refractivity contribution in [3.63, 3.8) is 0 Å². The highest BCUT2D eigenvalue weighted by molar-refractivity contribution is 5.97. The van der Waals surface area contributed by atoms with Gasteiger partial charge < -0.3 is 35.1 Å². The number of amides is 4. The maximum absolute atomic E-state index is 14.7. The van der Waals surface area contributed by atoms with E-state index in [4.69, 9.17) is 24.9 Å². The van der Waals surface area contributed by atoms with Crippen LogP contribution in [0, 0.1) is 11.8 Å². The molecule has 4 fully saturated rings. The van der Waals surface area contributed by atoms with Crippen molar-refractivity contribution in [2.45, 2.75) is 87.6 Å². The highest BCUT2D eigenvalue weighted by Gasteiger charge is 2.60. The Morgan fingerprint density at radius 1 is 1.06 bits per heavy atom. The van der Waals surface area contributed by atoms with Crippen LogP contribution in [-0.4, -0.2) is 95.0 Å². The maximum atomic E-state index is 14.7. The van der Waals surface area contributed by atoms with E-state index in [2.05, 4.69) is 11.4 Å². The molecule has 7 atom stereocenters. The summed E-state index contributed by atoms with van der Waals surface area (Å²) < 4.78 is 18.0. The fourth-order valence-corrected chi connectivity index (χ4v) is 8.69. The van der Waals surface area contributed by atoms with E-state index in [1.54, 1.807) is 12.0 Å². The van der Waals surface area contributed by atoms with Gasteiger partial charge in [-0.05, 0) is 44.2 Å². The number of methoxy groups -OCH3 is 1. The predicted molar refractivity (Wildman–Crippen MR) is 197 cm³/mol. The van der Waals surface area contributed by atoms with Crippen LogP contribution >= 0.6 is 0 Å². The average Bonchev–Trinajstić information content (AvgIpc) is 3.50. The van der Waals surface area contributed by atoms with E-state index in [0.29, 0.717) is 48.7 Å². The number of likely N-dealkylation sites (tertiary alicyclic amines) is 1. The lowest BCUT2D eigenvalue weighted by atomic mass is 9.94. The number of rotatable bonds is 7. The Hall–Kier alpha value is -4.97. The number of allylic oxidation sites excluding steroid dienone is 1. The minimum atomic E-state index is -1.20. The van der Waals surface area contributed by atoms with Gasteiger partial charge in [-0.15, -0.1) is 0 Å². The molecule has 1 saturated carbocycles. The molecule has 12 nitrogen and oxygen atoms in total. The van der Waals surface area contributed by atoms with E-state index in [1.165, 1.54) is 0 Å². The van der Waals surface area contributed by atoms with Crippen molar-refractivity contribution < 1.29 is 33.4 Å². The normalized spacial score (nSPS) is 30.5. The number of morpholine rings is 1. The standard InChI is InChI=1S/C41H47N5O7/c1-51-29-14-15-32-34(18-29)43-33(25-10-7-5-8-11-25)20-36(32)53-31-19-35-38(48)44-41(40(42)50)21-27(41)13-9-4-2-3-6-12-26(39(49)46(35)23-31)16-37(47)45-22-30-17-28(45)24-52-30/h5,7-11,13-15,18,20,26-28,30-31,35H,2-4,6,12,16-17,19,21-24H2,1H3,(H2,42,50)(H,44,48)/b13-9-/t26-,27-,28?,30?,31-,35+,41-/m1/s1. The van der Waals surface area contributed by atoms with Crippen molar-refractivity contribution in [2.24, 2.45) is 17.6 Å². The summed E-state index contributed by atoms with van der Waals surface area (Å²) in [6.45, 7) is 1.22. The molecule has 4 aliphatic heterocycles. The van der Waals surface area contributed by atoms with Crippen molar-refractivity contribution in [3.05, 3.63) is 66.7 Å². The lowest BCUT2D eigenvalue weighted by Crippen LogP contribution is -2.55. The molecule has 12 heteroatoms. The summed E-state index contributed by atoms with van der Waals surface area (Å²) in [5.41, 5.74) is 7.00. The monoisotopic (exact) mass is 721 g/mol. The van der Waals surface area contributed by atoms with Gasteiger partial charge in [0, 0.05) is 54.3 Å². The molecule has 3 N–H and O–H groups in total. The molecule has 4 amide bonds. The second kappa shape index (κ2) is 14.5. The number of nitrogens with one attached hydrogen (secondary N) is 1. The van der Waals surface area contributed by atoms with Gasteiger partial charge in [0.05, 0.1) is 43.6 Å². The van der Waals surface area contributed by atoms with Crippen LogP contribution < -0.4 is 20.5 Å². The first-order valence-corrected chi connectivity index (χ1v) is 18.9. The smallest absolute Gasteiger partial charge is 0.243 e. The number of nitrogens with zero attached hydrogens (tertiary/aromatic N) is 3. The summed E-state index contributed by atoms with van der Waals surface area (Å²) in [7, 11) is 1.61. The number of ether oxygens (including phenoxy) is 3. The van der Waals surface area contributed by atoms with Gasteiger partial charge in [-0.3, -0.25) is 19.2 Å². The minimum Gasteiger partial charge on any atom is -0.497 e. The van der Waals surface area contributed by atoms with E-state index in [-0.39, 0.29) is 49.3 Å². The zero-order valence-electron chi connectivity index (χ0n) is 30.1. The van der Waals surface area contributed by atoms with E-state index in [0.717, 1.165) is 43.1 Å². The first-order valence-electron chi connectivity index (χ1n) is 18.9. The molecule has 1 aromatic heterocycles. The zero-order valence-corrected chi connectivity index (χ0v) is 30.1. The molecule has 5 aliphatic rings. The van der Waals surface area contributed by atoms with Crippen LogP contribution in [0.3, 0.4) is 0 Å². The second-order valence-corrected chi connectivity index (χ2v) is 15.2. The quantitative estimate of drug-likeness (QED) is 0.346. The molecule has 53 heavy (non-hydrogen) atoms. The molecule has 2 aromatic carbocycles. The molecule has 3 aromatic rings.